The zero-order valence-corrected chi connectivity index (χ0v) is 21.4. The Hall–Kier alpha value is -5.00. The van der Waals surface area contributed by atoms with Crippen LogP contribution in [0, 0.1) is 0 Å². The van der Waals surface area contributed by atoms with Crippen molar-refractivity contribution in [2.45, 2.75) is 0 Å². The summed E-state index contributed by atoms with van der Waals surface area (Å²) in [5.41, 5.74) is 5.51. The predicted octanol–water partition coefficient (Wildman–Crippen LogP) is 9.51. The Morgan fingerprint density at radius 3 is 2.21 bits per heavy atom. The van der Waals surface area contributed by atoms with Crippen LogP contribution in [0.15, 0.2) is 120 Å². The fourth-order valence-electron chi connectivity index (χ4n) is 5.96. The molecule has 0 bridgehead atoms. The highest BCUT2D eigenvalue weighted by Gasteiger charge is 2.22. The summed E-state index contributed by atoms with van der Waals surface area (Å²) in [7, 11) is 0. The molecule has 9 aromatic rings. The Labute approximate surface area is 226 Å². The molecular formula is C34H19N3OS. The standard InChI is InChI=1S/C34H19N3OS/c1-2-10-20(11-3-1)30-29-25-14-5-8-16-27(25)38-33(29)36-34(35-30)37-26-15-7-4-12-21(26)23-18-19-24-22-13-6-9-17-28(22)39-32(24)31(23)37/h1-19H. The molecule has 39 heavy (non-hydrogen) atoms. The fourth-order valence-corrected chi connectivity index (χ4v) is 7.20. The molecule has 0 aliphatic heterocycles. The van der Waals surface area contributed by atoms with Crippen LogP contribution >= 0.6 is 11.3 Å². The van der Waals surface area contributed by atoms with Gasteiger partial charge in [-0.15, -0.1) is 11.3 Å². The van der Waals surface area contributed by atoms with Gasteiger partial charge in [0.1, 0.15) is 5.58 Å². The molecule has 0 saturated heterocycles. The van der Waals surface area contributed by atoms with Gasteiger partial charge in [0.25, 0.3) is 0 Å². The molecule has 4 nitrogen and oxygen atoms in total. The summed E-state index contributed by atoms with van der Waals surface area (Å²) < 4.78 is 11.1. The van der Waals surface area contributed by atoms with Gasteiger partial charge in [0.2, 0.25) is 11.7 Å². The average molecular weight is 518 g/mol. The fraction of sp³-hybridized carbons (Fsp3) is 0. The van der Waals surface area contributed by atoms with Gasteiger partial charge in [-0.05, 0) is 18.2 Å². The van der Waals surface area contributed by atoms with Gasteiger partial charge in [0.05, 0.1) is 26.8 Å². The molecule has 9 rings (SSSR count). The highest BCUT2D eigenvalue weighted by molar-refractivity contribution is 7.26. The second-order valence-corrected chi connectivity index (χ2v) is 10.9. The van der Waals surface area contributed by atoms with E-state index in [1.807, 2.05) is 47.7 Å². The summed E-state index contributed by atoms with van der Waals surface area (Å²) in [5, 5.41) is 6.86. The van der Waals surface area contributed by atoms with Crippen molar-refractivity contribution in [3.63, 3.8) is 0 Å². The van der Waals surface area contributed by atoms with E-state index in [2.05, 4.69) is 83.4 Å². The number of para-hydroxylation sites is 2. The van der Waals surface area contributed by atoms with Crippen molar-refractivity contribution in [3.05, 3.63) is 115 Å². The summed E-state index contributed by atoms with van der Waals surface area (Å²) in [6, 6.07) is 40.1. The maximum absolute atomic E-state index is 6.35. The molecule has 0 amide bonds. The molecule has 5 aromatic carbocycles. The molecule has 0 unspecified atom stereocenters. The number of hydrogen-bond donors (Lipinski definition) is 0. The first-order valence-corrected chi connectivity index (χ1v) is 13.8. The number of furan rings is 1. The van der Waals surface area contributed by atoms with Gasteiger partial charge >= 0.3 is 0 Å². The van der Waals surface area contributed by atoms with Gasteiger partial charge in [-0.25, -0.2) is 4.98 Å². The lowest BCUT2D eigenvalue weighted by Gasteiger charge is -2.10. The Balaban J connectivity index is 1.48. The van der Waals surface area contributed by atoms with Crippen LogP contribution in [-0.4, -0.2) is 14.5 Å². The van der Waals surface area contributed by atoms with E-state index in [9.17, 15) is 0 Å². The first kappa shape index (κ1) is 21.0. The zero-order valence-electron chi connectivity index (χ0n) is 20.6. The van der Waals surface area contributed by atoms with Gasteiger partial charge in [-0.2, -0.15) is 4.98 Å². The normalized spacial score (nSPS) is 12.1. The Bertz CT molecular complexity index is 2400. The van der Waals surface area contributed by atoms with Gasteiger partial charge in [0, 0.05) is 37.2 Å². The summed E-state index contributed by atoms with van der Waals surface area (Å²) in [5.74, 6) is 0.608. The van der Waals surface area contributed by atoms with Crippen LogP contribution in [-0.2, 0) is 0 Å². The average Bonchev–Trinajstić information content (AvgIpc) is 3.66. The van der Waals surface area contributed by atoms with Gasteiger partial charge in [0.15, 0.2) is 0 Å². The van der Waals surface area contributed by atoms with Gasteiger partial charge in [-0.1, -0.05) is 97.1 Å². The third-order valence-electron chi connectivity index (χ3n) is 7.65. The Kier molecular flexibility index (Phi) is 4.18. The van der Waals surface area contributed by atoms with E-state index in [-0.39, 0.29) is 0 Å². The lowest BCUT2D eigenvalue weighted by Crippen LogP contribution is -2.02. The third-order valence-corrected chi connectivity index (χ3v) is 8.85. The molecule has 0 atom stereocenters. The highest BCUT2D eigenvalue weighted by atomic mass is 32.1. The van der Waals surface area contributed by atoms with Crippen molar-refractivity contribution < 1.29 is 4.42 Å². The van der Waals surface area contributed by atoms with Crippen LogP contribution in [0.5, 0.6) is 0 Å². The number of nitrogens with zero attached hydrogens (tertiary/aromatic N) is 3. The lowest BCUT2D eigenvalue weighted by atomic mass is 10.1. The molecule has 0 saturated carbocycles. The monoisotopic (exact) mass is 517 g/mol. The maximum atomic E-state index is 6.35. The Morgan fingerprint density at radius 2 is 1.31 bits per heavy atom. The molecule has 0 N–H and O–H groups in total. The van der Waals surface area contributed by atoms with Crippen LogP contribution in [0.3, 0.4) is 0 Å². The molecule has 4 heterocycles. The number of hydrogen-bond acceptors (Lipinski definition) is 4. The van der Waals surface area contributed by atoms with Crippen LogP contribution in [0.25, 0.3) is 81.3 Å². The topological polar surface area (TPSA) is 43.9 Å². The first-order chi connectivity index (χ1) is 19.3. The van der Waals surface area contributed by atoms with E-state index in [1.54, 1.807) is 0 Å². The molecule has 182 valence electrons. The summed E-state index contributed by atoms with van der Waals surface area (Å²) in [4.78, 5) is 10.4. The minimum absolute atomic E-state index is 0.592. The van der Waals surface area contributed by atoms with E-state index < -0.39 is 0 Å². The molecular weight excluding hydrogens is 498 g/mol. The second-order valence-electron chi connectivity index (χ2n) is 9.81. The smallest absolute Gasteiger partial charge is 0.238 e. The largest absolute Gasteiger partial charge is 0.437 e. The number of fused-ring (bicyclic) bond motifs is 10. The number of thiophene rings is 1. The first-order valence-electron chi connectivity index (χ1n) is 12.9. The van der Waals surface area contributed by atoms with Gasteiger partial charge < -0.3 is 4.42 Å². The van der Waals surface area contributed by atoms with E-state index in [0.717, 1.165) is 38.6 Å². The molecule has 0 fully saturated rings. The number of rotatable bonds is 2. The van der Waals surface area contributed by atoms with Crippen molar-refractivity contribution in [1.29, 1.82) is 0 Å². The zero-order chi connectivity index (χ0) is 25.5. The molecule has 5 heteroatoms. The van der Waals surface area contributed by atoms with Crippen LogP contribution in [0.4, 0.5) is 0 Å². The van der Waals surface area contributed by atoms with E-state index in [0.29, 0.717) is 11.7 Å². The molecule has 4 aromatic heterocycles. The van der Waals surface area contributed by atoms with Crippen molar-refractivity contribution in [2.24, 2.45) is 0 Å². The molecule has 0 spiro atoms. The van der Waals surface area contributed by atoms with E-state index in [1.165, 1.54) is 30.9 Å². The second kappa shape index (κ2) is 7.76. The summed E-state index contributed by atoms with van der Waals surface area (Å²) in [6.07, 6.45) is 0. The van der Waals surface area contributed by atoms with Crippen LogP contribution < -0.4 is 0 Å². The highest BCUT2D eigenvalue weighted by Crippen LogP contribution is 2.43. The quantitative estimate of drug-likeness (QED) is 0.229. The van der Waals surface area contributed by atoms with Crippen molar-refractivity contribution >= 4 is 75.4 Å². The summed E-state index contributed by atoms with van der Waals surface area (Å²) >= 11 is 1.82. The van der Waals surface area contributed by atoms with E-state index >= 15 is 0 Å². The van der Waals surface area contributed by atoms with Crippen molar-refractivity contribution in [1.82, 2.24) is 14.5 Å². The minimum Gasteiger partial charge on any atom is -0.437 e. The van der Waals surface area contributed by atoms with Crippen LogP contribution in [0.1, 0.15) is 0 Å². The van der Waals surface area contributed by atoms with E-state index in [4.69, 9.17) is 14.4 Å². The molecule has 0 aliphatic carbocycles. The minimum atomic E-state index is 0.592. The van der Waals surface area contributed by atoms with Crippen molar-refractivity contribution in [2.75, 3.05) is 0 Å². The van der Waals surface area contributed by atoms with Crippen LogP contribution in [0.2, 0.25) is 0 Å². The third kappa shape index (κ3) is 2.88. The number of aromatic nitrogens is 3. The maximum Gasteiger partial charge on any atom is 0.238 e. The predicted molar refractivity (Wildman–Crippen MR) is 162 cm³/mol. The lowest BCUT2D eigenvalue weighted by molar-refractivity contribution is 0.651. The molecule has 0 radical (unpaired) electrons. The van der Waals surface area contributed by atoms with Crippen molar-refractivity contribution in [3.8, 4) is 17.2 Å². The Morgan fingerprint density at radius 1 is 0.590 bits per heavy atom. The van der Waals surface area contributed by atoms with Gasteiger partial charge in [-0.3, -0.25) is 4.57 Å². The number of benzene rings is 5. The SMILES string of the molecule is c1ccc(-c2nc(-n3c4ccccc4c4ccc5c6ccccc6sc5c43)nc3oc4ccccc4c23)cc1. The summed E-state index contributed by atoms with van der Waals surface area (Å²) in [6.45, 7) is 0. The molecule has 0 aliphatic rings.